The third-order valence-electron chi connectivity index (χ3n) is 8.84. The van der Waals surface area contributed by atoms with Crippen LogP contribution in [0.2, 0.25) is 0 Å². The molecule has 2 aromatic carbocycles. The Bertz CT molecular complexity index is 1660. The number of primary amides is 1. The van der Waals surface area contributed by atoms with Gasteiger partial charge in [0.25, 0.3) is 5.91 Å². The number of amides is 2. The highest BCUT2D eigenvalue weighted by Gasteiger charge is 2.62. The van der Waals surface area contributed by atoms with E-state index in [0.29, 0.717) is 23.4 Å². The van der Waals surface area contributed by atoms with Crippen LogP contribution in [0.5, 0.6) is 5.75 Å². The molecule has 4 atom stereocenters. The van der Waals surface area contributed by atoms with Crippen molar-refractivity contribution in [2.24, 2.45) is 17.1 Å². The SMILES string of the molecule is Cc1n[nH]c(C)c1-c1ccc(NC(=O)CC2c3cc(F)c(F)cc3OCC23CC3CC(C)n2nccc2C(N)=O)cc1. The van der Waals surface area contributed by atoms with E-state index in [1.165, 1.54) is 6.20 Å². The zero-order valence-corrected chi connectivity index (χ0v) is 23.6. The summed E-state index contributed by atoms with van der Waals surface area (Å²) in [6.07, 6.45) is 2.99. The average molecular weight is 575 g/mol. The lowest BCUT2D eigenvalue weighted by Crippen LogP contribution is -2.33. The number of nitrogens with one attached hydrogen (secondary N) is 2. The summed E-state index contributed by atoms with van der Waals surface area (Å²) in [5.74, 6) is -2.79. The molecule has 4 N–H and O–H groups in total. The number of carbonyl (C=O) groups excluding carboxylic acids is 2. The van der Waals surface area contributed by atoms with Crippen LogP contribution < -0.4 is 15.8 Å². The molecule has 2 amide bonds. The van der Waals surface area contributed by atoms with Gasteiger partial charge in [-0.15, -0.1) is 0 Å². The van der Waals surface area contributed by atoms with Gasteiger partial charge in [0, 0.05) is 52.5 Å². The van der Waals surface area contributed by atoms with E-state index in [1.807, 2.05) is 45.0 Å². The van der Waals surface area contributed by atoms with E-state index < -0.39 is 28.9 Å². The van der Waals surface area contributed by atoms with E-state index in [1.54, 1.807) is 10.7 Å². The third kappa shape index (κ3) is 4.82. The van der Waals surface area contributed by atoms with Crippen LogP contribution in [0.25, 0.3) is 11.1 Å². The molecule has 218 valence electrons. The minimum Gasteiger partial charge on any atom is -0.493 e. The number of carbonyl (C=O) groups is 2. The second-order valence-corrected chi connectivity index (χ2v) is 11.5. The van der Waals surface area contributed by atoms with Crippen molar-refractivity contribution in [1.82, 2.24) is 20.0 Å². The Balaban J connectivity index is 1.22. The number of aryl methyl sites for hydroxylation is 2. The molecule has 3 heterocycles. The van der Waals surface area contributed by atoms with E-state index >= 15 is 0 Å². The number of nitrogens with zero attached hydrogens (tertiary/aromatic N) is 3. The zero-order chi connectivity index (χ0) is 29.8. The first-order valence-electron chi connectivity index (χ1n) is 13.9. The predicted octanol–water partition coefficient (Wildman–Crippen LogP) is 5.43. The van der Waals surface area contributed by atoms with E-state index in [0.717, 1.165) is 41.1 Å². The molecule has 0 saturated heterocycles. The first kappa shape index (κ1) is 27.6. The quantitative estimate of drug-likeness (QED) is 0.259. The molecule has 11 heteroatoms. The highest BCUT2D eigenvalue weighted by Crippen LogP contribution is 2.67. The second kappa shape index (κ2) is 10.4. The summed E-state index contributed by atoms with van der Waals surface area (Å²) in [6.45, 7) is 6.12. The molecular formula is C31H32F2N6O3. The molecule has 4 unspecified atom stereocenters. The summed E-state index contributed by atoms with van der Waals surface area (Å²) >= 11 is 0. The molecule has 1 spiro atoms. The van der Waals surface area contributed by atoms with Gasteiger partial charge < -0.3 is 15.8 Å². The van der Waals surface area contributed by atoms with Gasteiger partial charge in [0.05, 0.1) is 18.3 Å². The number of fused-ring (bicyclic) bond motifs is 1. The zero-order valence-electron chi connectivity index (χ0n) is 23.6. The molecule has 1 aliphatic carbocycles. The second-order valence-electron chi connectivity index (χ2n) is 11.5. The number of hydrogen-bond acceptors (Lipinski definition) is 5. The number of rotatable bonds is 8. The van der Waals surface area contributed by atoms with E-state index in [2.05, 4.69) is 20.6 Å². The van der Waals surface area contributed by atoms with Crippen molar-refractivity contribution < 1.29 is 23.1 Å². The van der Waals surface area contributed by atoms with Crippen LogP contribution in [0.3, 0.4) is 0 Å². The van der Waals surface area contributed by atoms with Gasteiger partial charge in [0.15, 0.2) is 11.6 Å². The highest BCUT2D eigenvalue weighted by molar-refractivity contribution is 5.92. The van der Waals surface area contributed by atoms with E-state index in [9.17, 15) is 18.4 Å². The predicted molar refractivity (Wildman–Crippen MR) is 152 cm³/mol. The number of H-pyrrole nitrogens is 1. The molecule has 1 saturated carbocycles. The maximum Gasteiger partial charge on any atom is 0.266 e. The van der Waals surface area contributed by atoms with Gasteiger partial charge in [0.2, 0.25) is 5.91 Å². The van der Waals surface area contributed by atoms with Crippen molar-refractivity contribution in [3.05, 3.63) is 82.9 Å². The van der Waals surface area contributed by atoms with Crippen molar-refractivity contribution in [3.8, 4) is 16.9 Å². The minimum atomic E-state index is -0.991. The fourth-order valence-electron chi connectivity index (χ4n) is 6.66. The number of halogens is 2. The first-order chi connectivity index (χ1) is 20.1. The summed E-state index contributed by atoms with van der Waals surface area (Å²) in [5.41, 5.74) is 10.4. The number of anilines is 1. The molecular weight excluding hydrogens is 542 g/mol. The van der Waals surface area contributed by atoms with E-state index in [-0.39, 0.29) is 36.6 Å². The Kier molecular flexibility index (Phi) is 6.83. The minimum absolute atomic E-state index is 0.0717. The molecule has 2 aromatic heterocycles. The van der Waals surface area contributed by atoms with Gasteiger partial charge in [-0.3, -0.25) is 19.4 Å². The molecule has 9 nitrogen and oxygen atoms in total. The largest absolute Gasteiger partial charge is 0.493 e. The summed E-state index contributed by atoms with van der Waals surface area (Å²) < 4.78 is 36.1. The smallest absolute Gasteiger partial charge is 0.266 e. The van der Waals surface area contributed by atoms with Crippen molar-refractivity contribution in [3.63, 3.8) is 0 Å². The number of benzene rings is 2. The Morgan fingerprint density at radius 2 is 1.93 bits per heavy atom. The van der Waals surface area contributed by atoms with Gasteiger partial charge in [-0.25, -0.2) is 8.78 Å². The van der Waals surface area contributed by atoms with Crippen LogP contribution in [0.4, 0.5) is 14.5 Å². The van der Waals surface area contributed by atoms with Gasteiger partial charge >= 0.3 is 0 Å². The third-order valence-corrected chi connectivity index (χ3v) is 8.84. The molecule has 0 bridgehead atoms. The van der Waals surface area contributed by atoms with Gasteiger partial charge in [-0.2, -0.15) is 10.2 Å². The molecule has 2 aliphatic rings. The van der Waals surface area contributed by atoms with Gasteiger partial charge in [-0.1, -0.05) is 12.1 Å². The lowest BCUT2D eigenvalue weighted by Gasteiger charge is -2.35. The van der Waals surface area contributed by atoms with Crippen LogP contribution in [-0.4, -0.2) is 38.4 Å². The van der Waals surface area contributed by atoms with Gasteiger partial charge in [0.1, 0.15) is 11.4 Å². The monoisotopic (exact) mass is 574 g/mol. The maximum absolute atomic E-state index is 14.5. The Morgan fingerprint density at radius 3 is 2.62 bits per heavy atom. The topological polar surface area (TPSA) is 128 Å². The molecule has 0 radical (unpaired) electrons. The van der Waals surface area contributed by atoms with Crippen LogP contribution >= 0.6 is 0 Å². The molecule has 6 rings (SSSR count). The Labute approximate surface area is 241 Å². The number of nitrogens with two attached hydrogens (primary N) is 1. The fourth-order valence-corrected chi connectivity index (χ4v) is 6.66. The van der Waals surface area contributed by atoms with Crippen LogP contribution in [0.15, 0.2) is 48.7 Å². The van der Waals surface area contributed by atoms with Gasteiger partial charge in [-0.05, 0) is 69.4 Å². The summed E-state index contributed by atoms with van der Waals surface area (Å²) in [6, 6.07) is 11.2. The summed E-state index contributed by atoms with van der Waals surface area (Å²) in [7, 11) is 0. The summed E-state index contributed by atoms with van der Waals surface area (Å²) in [4.78, 5) is 25.3. The number of hydrogen-bond donors (Lipinski definition) is 3. The van der Waals surface area contributed by atoms with E-state index in [4.69, 9.17) is 10.5 Å². The van der Waals surface area contributed by atoms with Crippen LogP contribution in [0.1, 0.15) is 65.6 Å². The lowest BCUT2D eigenvalue weighted by molar-refractivity contribution is -0.117. The van der Waals surface area contributed by atoms with Crippen molar-refractivity contribution in [2.75, 3.05) is 11.9 Å². The molecule has 1 aliphatic heterocycles. The Morgan fingerprint density at radius 1 is 1.19 bits per heavy atom. The van der Waals surface area contributed by atoms with Crippen molar-refractivity contribution in [1.29, 1.82) is 0 Å². The molecule has 42 heavy (non-hydrogen) atoms. The highest BCUT2D eigenvalue weighted by atomic mass is 19.2. The van der Waals surface area contributed by atoms with Crippen molar-refractivity contribution in [2.45, 2.75) is 52.0 Å². The number of ether oxygens (including phenoxy) is 1. The Hall–Kier alpha value is -4.54. The fraction of sp³-hybridized carbons (Fsp3) is 0.355. The van der Waals surface area contributed by atoms with Crippen molar-refractivity contribution >= 4 is 17.5 Å². The standard InChI is InChI=1S/C31H32F2N6O3/c1-16(39-26(30(34)41)8-9-35-39)10-20-14-31(20)15-42-27-13-25(33)24(32)11-22(27)23(31)12-28(40)36-21-6-4-19(5-7-21)29-17(2)37-38-18(29)3/h4-9,11,13,16,20,23H,10,12,14-15H2,1-3H3,(H2,34,41)(H,36,40)(H,37,38). The maximum atomic E-state index is 14.5. The number of aromatic amines is 1. The molecule has 4 aromatic rings. The average Bonchev–Trinajstić information content (AvgIpc) is 3.24. The van der Waals surface area contributed by atoms with Crippen LogP contribution in [-0.2, 0) is 4.79 Å². The van der Waals surface area contributed by atoms with Crippen LogP contribution in [0, 0.1) is 36.8 Å². The lowest BCUT2D eigenvalue weighted by atomic mass is 9.76. The first-order valence-corrected chi connectivity index (χ1v) is 13.9. The summed E-state index contributed by atoms with van der Waals surface area (Å²) in [5, 5.41) is 14.5. The number of aromatic nitrogens is 4. The molecule has 1 fully saturated rings. The normalized spacial score (nSPS) is 21.5.